The summed E-state index contributed by atoms with van der Waals surface area (Å²) in [7, 11) is 0. The van der Waals surface area contributed by atoms with E-state index in [4.69, 9.17) is 0 Å². The smallest absolute Gasteiger partial charge is 0.0624 e. The summed E-state index contributed by atoms with van der Waals surface area (Å²) in [4.78, 5) is 0. The van der Waals surface area contributed by atoms with Crippen LogP contribution < -0.4 is 0 Å². The van der Waals surface area contributed by atoms with E-state index >= 15 is 0 Å². The zero-order valence-corrected chi connectivity index (χ0v) is 22.2. The Hall–Kier alpha value is -0.340. The molecule has 0 saturated heterocycles. The molecule has 0 radical (unpaired) electrons. The average Bonchev–Trinajstić information content (AvgIpc) is 2.68. The molecule has 9 atom stereocenters. The van der Waals surface area contributed by atoms with Gasteiger partial charge < -0.3 is 10.2 Å². The van der Waals surface area contributed by atoms with Crippen molar-refractivity contribution in [3.63, 3.8) is 0 Å². The minimum absolute atomic E-state index is 0.0926. The van der Waals surface area contributed by atoms with Gasteiger partial charge in [-0.3, -0.25) is 0 Å². The number of fused-ring (bicyclic) bond motifs is 7. The fraction of sp³-hybridized carbons (Fsp3) is 0.933. The largest absolute Gasteiger partial charge is 0.392 e. The molecule has 0 aromatic rings. The molecule has 5 aliphatic rings. The Kier molecular flexibility index (Phi) is 4.87. The van der Waals surface area contributed by atoms with E-state index in [1.54, 1.807) is 5.57 Å². The molecule has 4 fully saturated rings. The zero-order chi connectivity index (χ0) is 23.5. The molecule has 3 unspecified atom stereocenters. The van der Waals surface area contributed by atoms with Gasteiger partial charge in [0.1, 0.15) is 0 Å². The predicted octanol–water partition coefficient (Wildman–Crippen LogP) is 7.14. The summed E-state index contributed by atoms with van der Waals surface area (Å²) in [5.74, 6) is 1.63. The molecule has 0 heterocycles. The Balaban J connectivity index is 1.58. The van der Waals surface area contributed by atoms with E-state index in [-0.39, 0.29) is 22.3 Å². The van der Waals surface area contributed by atoms with Crippen molar-refractivity contribution in [2.24, 2.45) is 50.2 Å². The Bertz CT molecular complexity index is 825. The molecule has 5 aliphatic carbocycles. The minimum Gasteiger partial charge on any atom is -0.392 e. The molecule has 0 bridgehead atoms. The SMILES string of the molecule is CC1(C)C=C2C3CCC4[C@]5(C)C(CC[C@@]4(C)[C@]3(C)CC[C@@]2(C)CC1)C(C)(C)[C@@H](O)C[C@@H]5O. The molecule has 0 aromatic heterocycles. The first kappa shape index (κ1) is 23.4. The van der Waals surface area contributed by atoms with E-state index in [0.717, 1.165) is 6.42 Å². The van der Waals surface area contributed by atoms with Crippen molar-refractivity contribution < 1.29 is 10.2 Å². The monoisotopic (exact) mass is 442 g/mol. The lowest BCUT2D eigenvalue weighted by atomic mass is 9.32. The van der Waals surface area contributed by atoms with Gasteiger partial charge in [0.2, 0.25) is 0 Å². The van der Waals surface area contributed by atoms with E-state index in [2.05, 4.69) is 61.5 Å². The number of allylic oxidation sites excluding steroid dienone is 2. The first-order valence-corrected chi connectivity index (χ1v) is 13.7. The van der Waals surface area contributed by atoms with Crippen molar-refractivity contribution in [1.29, 1.82) is 0 Å². The first-order chi connectivity index (χ1) is 14.6. The standard InChI is InChI=1S/C30H50O2/c1-25(2)13-14-27(5)15-16-28(6)19(20(27)18-25)9-10-22-29(28,7)12-11-21-26(3,4)23(31)17-24(32)30(21,22)8/h18-19,21-24,31-32H,9-17H2,1-8H3/t19?,21?,22?,23-,24-,27+,28+,29+,30-/m0/s1. The van der Waals surface area contributed by atoms with E-state index in [9.17, 15) is 10.2 Å². The van der Waals surface area contributed by atoms with Crippen LogP contribution in [0.4, 0.5) is 0 Å². The Morgan fingerprint density at radius 2 is 1.34 bits per heavy atom. The Morgan fingerprint density at radius 3 is 2.03 bits per heavy atom. The van der Waals surface area contributed by atoms with Crippen LogP contribution in [0.2, 0.25) is 0 Å². The predicted molar refractivity (Wildman–Crippen MR) is 132 cm³/mol. The fourth-order valence-corrected chi connectivity index (χ4v) is 10.6. The van der Waals surface area contributed by atoms with Crippen LogP contribution in [0.5, 0.6) is 0 Å². The highest BCUT2D eigenvalue weighted by atomic mass is 16.3. The zero-order valence-electron chi connectivity index (χ0n) is 22.2. The molecule has 32 heavy (non-hydrogen) atoms. The minimum atomic E-state index is -0.392. The number of aliphatic hydroxyl groups is 2. The second-order valence-corrected chi connectivity index (χ2v) is 15.2. The molecule has 0 amide bonds. The molecule has 2 heteroatoms. The molecular formula is C30H50O2. The molecule has 182 valence electrons. The lowest BCUT2D eigenvalue weighted by molar-refractivity contribution is -0.262. The van der Waals surface area contributed by atoms with Crippen molar-refractivity contribution >= 4 is 0 Å². The molecule has 2 nitrogen and oxygen atoms in total. The van der Waals surface area contributed by atoms with Crippen molar-refractivity contribution in [2.45, 2.75) is 125 Å². The first-order valence-electron chi connectivity index (χ1n) is 13.7. The van der Waals surface area contributed by atoms with Crippen LogP contribution >= 0.6 is 0 Å². The van der Waals surface area contributed by atoms with Crippen molar-refractivity contribution in [3.8, 4) is 0 Å². The number of hydrogen-bond donors (Lipinski definition) is 2. The summed E-state index contributed by atoms with van der Waals surface area (Å²) < 4.78 is 0. The van der Waals surface area contributed by atoms with Gasteiger partial charge in [-0.15, -0.1) is 0 Å². The second kappa shape index (κ2) is 6.66. The lowest BCUT2D eigenvalue weighted by Gasteiger charge is -2.73. The van der Waals surface area contributed by atoms with Crippen LogP contribution in [-0.4, -0.2) is 22.4 Å². The van der Waals surface area contributed by atoms with E-state index in [1.165, 1.54) is 44.9 Å². The molecule has 0 spiro atoms. The summed E-state index contributed by atoms with van der Waals surface area (Å²) in [6.07, 6.45) is 12.7. The molecule has 5 rings (SSSR count). The highest BCUT2D eigenvalue weighted by molar-refractivity contribution is 5.32. The van der Waals surface area contributed by atoms with Crippen molar-refractivity contribution in [1.82, 2.24) is 0 Å². The molecular weight excluding hydrogens is 392 g/mol. The number of aliphatic hydroxyl groups excluding tert-OH is 2. The summed E-state index contributed by atoms with van der Waals surface area (Å²) in [6, 6.07) is 0. The third kappa shape index (κ3) is 2.72. The van der Waals surface area contributed by atoms with E-state index in [1.807, 2.05) is 0 Å². The fourth-order valence-electron chi connectivity index (χ4n) is 10.6. The normalized spacial score (nSPS) is 56.2. The average molecular weight is 443 g/mol. The van der Waals surface area contributed by atoms with Crippen LogP contribution in [0.1, 0.15) is 113 Å². The van der Waals surface area contributed by atoms with Crippen LogP contribution in [0.15, 0.2) is 11.6 Å². The summed E-state index contributed by atoms with van der Waals surface area (Å²) in [5.41, 5.74) is 2.88. The maximum Gasteiger partial charge on any atom is 0.0624 e. The van der Waals surface area contributed by atoms with Crippen molar-refractivity contribution in [2.75, 3.05) is 0 Å². The Labute approximate surface area is 197 Å². The lowest BCUT2D eigenvalue weighted by Crippen LogP contribution is -2.69. The van der Waals surface area contributed by atoms with Crippen LogP contribution in [0, 0.1) is 50.2 Å². The van der Waals surface area contributed by atoms with Gasteiger partial charge in [-0.25, -0.2) is 0 Å². The molecule has 0 aromatic carbocycles. The van der Waals surface area contributed by atoms with Crippen LogP contribution in [0.3, 0.4) is 0 Å². The van der Waals surface area contributed by atoms with Gasteiger partial charge in [-0.2, -0.15) is 0 Å². The topological polar surface area (TPSA) is 40.5 Å². The molecule has 4 saturated carbocycles. The summed E-state index contributed by atoms with van der Waals surface area (Å²) >= 11 is 0. The van der Waals surface area contributed by atoms with E-state index < -0.39 is 6.10 Å². The quantitative estimate of drug-likeness (QED) is 0.391. The van der Waals surface area contributed by atoms with Crippen LogP contribution in [-0.2, 0) is 0 Å². The van der Waals surface area contributed by atoms with Gasteiger partial charge in [0.25, 0.3) is 0 Å². The van der Waals surface area contributed by atoms with Gasteiger partial charge in [-0.1, -0.05) is 67.0 Å². The Morgan fingerprint density at radius 1 is 0.688 bits per heavy atom. The van der Waals surface area contributed by atoms with Gasteiger partial charge in [0.15, 0.2) is 0 Å². The number of rotatable bonds is 0. The van der Waals surface area contributed by atoms with Crippen molar-refractivity contribution in [3.05, 3.63) is 11.6 Å². The third-order valence-electron chi connectivity index (χ3n) is 13.1. The van der Waals surface area contributed by atoms with Crippen LogP contribution in [0.25, 0.3) is 0 Å². The molecule has 0 aliphatic heterocycles. The summed E-state index contributed by atoms with van der Waals surface area (Å²) in [5, 5.41) is 22.4. The molecule has 2 N–H and O–H groups in total. The summed E-state index contributed by atoms with van der Waals surface area (Å²) in [6.45, 7) is 19.7. The van der Waals surface area contributed by atoms with Gasteiger partial charge in [-0.05, 0) is 96.2 Å². The second-order valence-electron chi connectivity index (χ2n) is 15.2. The third-order valence-corrected chi connectivity index (χ3v) is 13.1. The highest BCUT2D eigenvalue weighted by Gasteiger charge is 2.70. The maximum absolute atomic E-state index is 11.5. The maximum atomic E-state index is 11.5. The number of hydrogen-bond acceptors (Lipinski definition) is 2. The highest BCUT2D eigenvalue weighted by Crippen LogP contribution is 2.76. The van der Waals surface area contributed by atoms with Gasteiger partial charge in [0.05, 0.1) is 12.2 Å². The van der Waals surface area contributed by atoms with E-state index in [0.29, 0.717) is 40.4 Å². The van der Waals surface area contributed by atoms with Gasteiger partial charge in [0, 0.05) is 11.8 Å². The van der Waals surface area contributed by atoms with Gasteiger partial charge >= 0.3 is 0 Å².